The van der Waals surface area contributed by atoms with E-state index in [0.717, 1.165) is 6.42 Å². The predicted molar refractivity (Wildman–Crippen MR) is 63.0 cm³/mol. The molecule has 0 aliphatic heterocycles. The summed E-state index contributed by atoms with van der Waals surface area (Å²) in [5.41, 5.74) is 2.99. The fraction of sp³-hybridized carbons (Fsp3) is 0.385. The van der Waals surface area contributed by atoms with E-state index in [1.54, 1.807) is 0 Å². The van der Waals surface area contributed by atoms with Gasteiger partial charge in [-0.05, 0) is 37.4 Å². The Morgan fingerprint density at radius 1 is 1.33 bits per heavy atom. The fourth-order valence-corrected chi connectivity index (χ4v) is 2.26. The number of hydrogen-bond acceptors (Lipinski definition) is 1. The van der Waals surface area contributed by atoms with E-state index in [1.165, 1.54) is 29.4 Å². The maximum atomic E-state index is 3.49. The molecule has 1 heterocycles. The van der Waals surface area contributed by atoms with Crippen LogP contribution in [0.15, 0.2) is 30.3 Å². The average Bonchev–Trinajstić information content (AvgIpc) is 2.91. The zero-order chi connectivity index (χ0) is 10.3. The van der Waals surface area contributed by atoms with Gasteiger partial charge >= 0.3 is 0 Å². The first-order chi connectivity index (χ1) is 7.31. The molecule has 2 aromatic rings. The lowest BCUT2D eigenvalue weighted by atomic mass is 10.1. The standard InChI is InChI=1S/C13H16N2/c1-14-13(6-7-13)9-11-8-10-4-2-3-5-12(10)15-11/h2-5,8,14-15H,6-7,9H2,1H3. The van der Waals surface area contributed by atoms with Crippen LogP contribution in [0, 0.1) is 0 Å². The van der Waals surface area contributed by atoms with Gasteiger partial charge in [-0.15, -0.1) is 0 Å². The molecule has 0 unspecified atom stereocenters. The molecule has 2 heteroatoms. The van der Waals surface area contributed by atoms with E-state index >= 15 is 0 Å². The van der Waals surface area contributed by atoms with E-state index in [1.807, 2.05) is 0 Å². The van der Waals surface area contributed by atoms with Gasteiger partial charge < -0.3 is 10.3 Å². The summed E-state index contributed by atoms with van der Waals surface area (Å²) in [6.45, 7) is 0. The predicted octanol–water partition coefficient (Wildman–Crippen LogP) is 2.46. The van der Waals surface area contributed by atoms with Gasteiger partial charge in [0.1, 0.15) is 0 Å². The van der Waals surface area contributed by atoms with Crippen molar-refractivity contribution in [2.45, 2.75) is 24.8 Å². The molecule has 0 spiro atoms. The van der Waals surface area contributed by atoms with Crippen molar-refractivity contribution in [3.63, 3.8) is 0 Å². The van der Waals surface area contributed by atoms with Crippen LogP contribution in [0.25, 0.3) is 10.9 Å². The number of benzene rings is 1. The summed E-state index contributed by atoms with van der Waals surface area (Å²) >= 11 is 0. The van der Waals surface area contributed by atoms with E-state index in [2.05, 4.69) is 47.7 Å². The monoisotopic (exact) mass is 200 g/mol. The van der Waals surface area contributed by atoms with Crippen LogP contribution < -0.4 is 5.32 Å². The third-order valence-corrected chi connectivity index (χ3v) is 3.50. The van der Waals surface area contributed by atoms with Crippen molar-refractivity contribution in [1.29, 1.82) is 0 Å². The van der Waals surface area contributed by atoms with Gasteiger partial charge in [0.15, 0.2) is 0 Å². The largest absolute Gasteiger partial charge is 0.358 e. The number of rotatable bonds is 3. The first-order valence-corrected chi connectivity index (χ1v) is 5.57. The van der Waals surface area contributed by atoms with Crippen LogP contribution in [0.3, 0.4) is 0 Å². The van der Waals surface area contributed by atoms with Gasteiger partial charge in [-0.3, -0.25) is 0 Å². The molecular weight excluding hydrogens is 184 g/mol. The summed E-state index contributed by atoms with van der Waals surface area (Å²) in [7, 11) is 2.07. The van der Waals surface area contributed by atoms with E-state index in [9.17, 15) is 0 Å². The van der Waals surface area contributed by atoms with Crippen LogP contribution in [-0.4, -0.2) is 17.6 Å². The lowest BCUT2D eigenvalue weighted by Gasteiger charge is -2.11. The summed E-state index contributed by atoms with van der Waals surface area (Å²) < 4.78 is 0. The van der Waals surface area contributed by atoms with Crippen molar-refractivity contribution in [3.05, 3.63) is 36.0 Å². The van der Waals surface area contributed by atoms with Crippen LogP contribution in [0.2, 0.25) is 0 Å². The highest BCUT2D eigenvalue weighted by Gasteiger charge is 2.41. The van der Waals surface area contributed by atoms with E-state index in [4.69, 9.17) is 0 Å². The quantitative estimate of drug-likeness (QED) is 0.782. The number of H-pyrrole nitrogens is 1. The van der Waals surface area contributed by atoms with Gasteiger partial charge in [0, 0.05) is 23.2 Å². The Kier molecular flexibility index (Phi) is 1.86. The molecule has 0 bridgehead atoms. The Morgan fingerprint density at radius 2 is 2.13 bits per heavy atom. The highest BCUT2D eigenvalue weighted by molar-refractivity contribution is 5.80. The molecular formula is C13H16N2. The van der Waals surface area contributed by atoms with Crippen molar-refractivity contribution in [3.8, 4) is 0 Å². The molecule has 2 nitrogen and oxygen atoms in total. The Bertz CT molecular complexity index is 447. The maximum absolute atomic E-state index is 3.49. The van der Waals surface area contributed by atoms with Gasteiger partial charge in [-0.1, -0.05) is 18.2 Å². The second kappa shape index (κ2) is 3.11. The number of aromatic nitrogens is 1. The molecule has 0 amide bonds. The van der Waals surface area contributed by atoms with Gasteiger partial charge in [0.2, 0.25) is 0 Å². The second-order valence-corrected chi connectivity index (χ2v) is 4.59. The number of nitrogens with one attached hydrogen (secondary N) is 2. The van der Waals surface area contributed by atoms with E-state index in [-0.39, 0.29) is 0 Å². The Labute approximate surface area is 89.7 Å². The van der Waals surface area contributed by atoms with Gasteiger partial charge in [-0.25, -0.2) is 0 Å². The first-order valence-electron chi connectivity index (χ1n) is 5.57. The molecule has 2 N–H and O–H groups in total. The summed E-state index contributed by atoms with van der Waals surface area (Å²) in [4.78, 5) is 3.49. The molecule has 1 aliphatic carbocycles. The SMILES string of the molecule is CNC1(Cc2cc3ccccc3[nH]2)CC1. The Morgan fingerprint density at radius 3 is 2.80 bits per heavy atom. The van der Waals surface area contributed by atoms with Gasteiger partial charge in [0.25, 0.3) is 0 Å². The number of hydrogen-bond donors (Lipinski definition) is 2. The van der Waals surface area contributed by atoms with Crippen molar-refractivity contribution < 1.29 is 0 Å². The molecule has 1 saturated carbocycles. The number of likely N-dealkylation sites (N-methyl/N-ethyl adjacent to an activating group) is 1. The number of fused-ring (bicyclic) bond motifs is 1. The van der Waals surface area contributed by atoms with E-state index < -0.39 is 0 Å². The first kappa shape index (κ1) is 8.98. The lowest BCUT2D eigenvalue weighted by Crippen LogP contribution is -2.29. The minimum Gasteiger partial charge on any atom is -0.358 e. The number of para-hydroxylation sites is 1. The molecule has 15 heavy (non-hydrogen) atoms. The Hall–Kier alpha value is -1.28. The van der Waals surface area contributed by atoms with Crippen molar-refractivity contribution >= 4 is 10.9 Å². The highest BCUT2D eigenvalue weighted by atomic mass is 15.0. The topological polar surface area (TPSA) is 27.8 Å². The van der Waals surface area contributed by atoms with Crippen molar-refractivity contribution in [2.24, 2.45) is 0 Å². The minimum atomic E-state index is 0.390. The van der Waals surface area contributed by atoms with Gasteiger partial charge in [0.05, 0.1) is 0 Å². The molecule has 1 aliphatic rings. The molecule has 0 radical (unpaired) electrons. The summed E-state index contributed by atoms with van der Waals surface area (Å²) in [6.07, 6.45) is 3.73. The maximum Gasteiger partial charge on any atom is 0.0456 e. The molecule has 3 rings (SSSR count). The molecule has 0 saturated heterocycles. The normalized spacial score (nSPS) is 18.2. The third kappa shape index (κ3) is 1.55. The summed E-state index contributed by atoms with van der Waals surface area (Å²) in [5.74, 6) is 0. The van der Waals surface area contributed by atoms with E-state index in [0.29, 0.717) is 5.54 Å². The van der Waals surface area contributed by atoms with Crippen LogP contribution in [0.4, 0.5) is 0 Å². The smallest absolute Gasteiger partial charge is 0.0456 e. The summed E-state index contributed by atoms with van der Waals surface area (Å²) in [6, 6.07) is 10.7. The molecule has 78 valence electrons. The highest BCUT2D eigenvalue weighted by Crippen LogP contribution is 2.38. The van der Waals surface area contributed by atoms with Crippen LogP contribution in [0.5, 0.6) is 0 Å². The van der Waals surface area contributed by atoms with Crippen LogP contribution in [-0.2, 0) is 6.42 Å². The lowest BCUT2D eigenvalue weighted by molar-refractivity contribution is 0.544. The zero-order valence-corrected chi connectivity index (χ0v) is 9.01. The van der Waals surface area contributed by atoms with Crippen LogP contribution >= 0.6 is 0 Å². The molecule has 1 aromatic heterocycles. The second-order valence-electron chi connectivity index (χ2n) is 4.59. The number of aromatic amines is 1. The molecule has 1 fully saturated rings. The fourth-order valence-electron chi connectivity index (χ4n) is 2.26. The summed E-state index contributed by atoms with van der Waals surface area (Å²) in [5, 5.41) is 4.74. The van der Waals surface area contributed by atoms with Crippen molar-refractivity contribution in [1.82, 2.24) is 10.3 Å². The Balaban J connectivity index is 1.92. The third-order valence-electron chi connectivity index (χ3n) is 3.50. The molecule has 1 aromatic carbocycles. The van der Waals surface area contributed by atoms with Crippen LogP contribution in [0.1, 0.15) is 18.5 Å². The minimum absolute atomic E-state index is 0.390. The zero-order valence-electron chi connectivity index (χ0n) is 9.01. The average molecular weight is 200 g/mol. The molecule has 0 atom stereocenters. The van der Waals surface area contributed by atoms with Gasteiger partial charge in [-0.2, -0.15) is 0 Å². The van der Waals surface area contributed by atoms with Crippen molar-refractivity contribution in [2.75, 3.05) is 7.05 Å².